The van der Waals surface area contributed by atoms with Crippen molar-refractivity contribution in [1.82, 2.24) is 10.3 Å². The van der Waals surface area contributed by atoms with Gasteiger partial charge in [-0.1, -0.05) is 11.6 Å². The van der Waals surface area contributed by atoms with Crippen molar-refractivity contribution in [3.63, 3.8) is 0 Å². The number of fused-ring (bicyclic) bond motifs is 1. The van der Waals surface area contributed by atoms with Crippen LogP contribution in [0.2, 0.25) is 5.02 Å². The molecule has 14 heavy (non-hydrogen) atoms. The monoisotopic (exact) mass is 254 g/mol. The molecule has 0 fully saturated rings. The number of hydrogen-bond donors (Lipinski definition) is 1. The van der Waals surface area contributed by atoms with Crippen molar-refractivity contribution >= 4 is 36.4 Å². The molecule has 0 saturated heterocycles. The van der Waals surface area contributed by atoms with Gasteiger partial charge in [-0.25, -0.2) is 0 Å². The topological polar surface area (TPSA) is 24.9 Å². The van der Waals surface area contributed by atoms with Gasteiger partial charge in [-0.15, -0.1) is 24.8 Å². The summed E-state index contributed by atoms with van der Waals surface area (Å²) >= 11 is 6.07. The van der Waals surface area contributed by atoms with Crippen LogP contribution in [0.25, 0.3) is 0 Å². The van der Waals surface area contributed by atoms with Gasteiger partial charge in [0.25, 0.3) is 0 Å². The first-order valence-electron chi connectivity index (χ1n) is 4.05. The minimum absolute atomic E-state index is 0. The van der Waals surface area contributed by atoms with Gasteiger partial charge in [-0.3, -0.25) is 4.98 Å². The third-order valence-corrected chi connectivity index (χ3v) is 2.90. The van der Waals surface area contributed by atoms with Crippen molar-refractivity contribution in [2.75, 3.05) is 0 Å². The molecule has 1 aliphatic heterocycles. The first-order chi connectivity index (χ1) is 5.70. The molecule has 1 N–H and O–H groups in total. The standard InChI is InChI=1S/C9H11ClN2.2ClH/c1-5-7-3-11-4-8(7)12-6(2)9(5)10;;/h11H,3-4H2,1-2H3;2*1H. The molecule has 0 atom stereocenters. The van der Waals surface area contributed by atoms with Gasteiger partial charge in [0.05, 0.1) is 16.4 Å². The van der Waals surface area contributed by atoms with E-state index in [1.165, 1.54) is 11.1 Å². The molecule has 80 valence electrons. The average molecular weight is 256 g/mol. The lowest BCUT2D eigenvalue weighted by atomic mass is 10.1. The third kappa shape index (κ3) is 2.14. The number of aromatic nitrogens is 1. The Morgan fingerprint density at radius 2 is 1.86 bits per heavy atom. The number of hydrogen-bond acceptors (Lipinski definition) is 2. The van der Waals surface area contributed by atoms with Crippen LogP contribution in [-0.4, -0.2) is 4.98 Å². The van der Waals surface area contributed by atoms with Crippen LogP contribution in [0.3, 0.4) is 0 Å². The highest BCUT2D eigenvalue weighted by molar-refractivity contribution is 6.32. The zero-order chi connectivity index (χ0) is 8.72. The van der Waals surface area contributed by atoms with E-state index in [1.807, 2.05) is 6.92 Å². The van der Waals surface area contributed by atoms with Crippen LogP contribution in [0.5, 0.6) is 0 Å². The number of rotatable bonds is 0. The van der Waals surface area contributed by atoms with Crippen molar-refractivity contribution in [1.29, 1.82) is 0 Å². The Morgan fingerprint density at radius 3 is 2.50 bits per heavy atom. The molecule has 1 aromatic rings. The van der Waals surface area contributed by atoms with Crippen LogP contribution in [-0.2, 0) is 13.1 Å². The summed E-state index contributed by atoms with van der Waals surface area (Å²) in [7, 11) is 0. The van der Waals surface area contributed by atoms with Gasteiger partial charge in [-0.2, -0.15) is 0 Å². The summed E-state index contributed by atoms with van der Waals surface area (Å²) in [5.41, 5.74) is 4.57. The molecule has 0 aromatic carbocycles. The molecule has 1 aliphatic rings. The van der Waals surface area contributed by atoms with E-state index in [2.05, 4.69) is 17.2 Å². The zero-order valence-corrected chi connectivity index (χ0v) is 10.4. The maximum Gasteiger partial charge on any atom is 0.0651 e. The summed E-state index contributed by atoms with van der Waals surface area (Å²) in [6.07, 6.45) is 0. The Kier molecular flexibility index (Phi) is 5.16. The number of aryl methyl sites for hydroxylation is 1. The molecular formula is C9H13Cl3N2. The fourth-order valence-electron chi connectivity index (χ4n) is 1.63. The van der Waals surface area contributed by atoms with Gasteiger partial charge in [0.1, 0.15) is 0 Å². The highest BCUT2D eigenvalue weighted by Gasteiger charge is 2.17. The summed E-state index contributed by atoms with van der Waals surface area (Å²) < 4.78 is 0. The van der Waals surface area contributed by atoms with Gasteiger partial charge in [0.2, 0.25) is 0 Å². The van der Waals surface area contributed by atoms with Crippen molar-refractivity contribution in [3.8, 4) is 0 Å². The maximum absolute atomic E-state index is 6.07. The van der Waals surface area contributed by atoms with E-state index in [9.17, 15) is 0 Å². The largest absolute Gasteiger partial charge is 0.307 e. The average Bonchev–Trinajstić information content (AvgIpc) is 2.48. The van der Waals surface area contributed by atoms with Crippen molar-refractivity contribution in [2.45, 2.75) is 26.9 Å². The Labute approximate surface area is 101 Å². The molecular weight excluding hydrogens is 242 g/mol. The van der Waals surface area contributed by atoms with Crippen molar-refractivity contribution in [2.24, 2.45) is 0 Å². The Balaban J connectivity index is 0.000000845. The van der Waals surface area contributed by atoms with E-state index >= 15 is 0 Å². The lowest BCUT2D eigenvalue weighted by Crippen LogP contribution is -2.00. The molecule has 1 aromatic heterocycles. The lowest BCUT2D eigenvalue weighted by Gasteiger charge is -2.06. The minimum Gasteiger partial charge on any atom is -0.307 e. The molecule has 0 saturated carbocycles. The van der Waals surface area contributed by atoms with E-state index in [4.69, 9.17) is 11.6 Å². The van der Waals surface area contributed by atoms with Crippen LogP contribution >= 0.6 is 36.4 Å². The van der Waals surface area contributed by atoms with Gasteiger partial charge in [0, 0.05) is 13.1 Å². The van der Waals surface area contributed by atoms with Crippen LogP contribution in [0, 0.1) is 13.8 Å². The number of nitrogens with one attached hydrogen (secondary N) is 1. The second-order valence-corrected chi connectivity index (χ2v) is 3.54. The highest BCUT2D eigenvalue weighted by atomic mass is 35.5. The third-order valence-electron chi connectivity index (χ3n) is 2.34. The van der Waals surface area contributed by atoms with Crippen LogP contribution in [0.1, 0.15) is 22.5 Å². The molecule has 5 heteroatoms. The van der Waals surface area contributed by atoms with Crippen LogP contribution in [0.4, 0.5) is 0 Å². The van der Waals surface area contributed by atoms with E-state index in [0.29, 0.717) is 0 Å². The zero-order valence-electron chi connectivity index (χ0n) is 8.06. The lowest BCUT2D eigenvalue weighted by molar-refractivity contribution is 0.756. The fourth-order valence-corrected chi connectivity index (χ4v) is 1.78. The molecule has 0 radical (unpaired) electrons. The molecule has 2 heterocycles. The molecule has 2 rings (SSSR count). The maximum atomic E-state index is 6.07. The second-order valence-electron chi connectivity index (χ2n) is 3.16. The molecule has 0 amide bonds. The molecule has 0 aliphatic carbocycles. The normalized spacial score (nSPS) is 12.8. The molecule has 0 spiro atoms. The highest BCUT2D eigenvalue weighted by Crippen LogP contribution is 2.26. The smallest absolute Gasteiger partial charge is 0.0651 e. The van der Waals surface area contributed by atoms with Crippen LogP contribution < -0.4 is 5.32 Å². The van der Waals surface area contributed by atoms with E-state index in [1.54, 1.807) is 0 Å². The van der Waals surface area contributed by atoms with Gasteiger partial charge < -0.3 is 5.32 Å². The Hall–Kier alpha value is -0.0200. The molecule has 0 unspecified atom stereocenters. The molecule has 0 bridgehead atoms. The van der Waals surface area contributed by atoms with E-state index in [-0.39, 0.29) is 24.8 Å². The predicted molar refractivity (Wildman–Crippen MR) is 63.8 cm³/mol. The van der Waals surface area contributed by atoms with E-state index in [0.717, 1.165) is 29.5 Å². The SMILES string of the molecule is Cc1nc2c(c(C)c1Cl)CNC2.Cl.Cl. The Morgan fingerprint density at radius 1 is 1.21 bits per heavy atom. The Bertz CT molecular complexity index is 339. The first kappa shape index (κ1) is 14.0. The van der Waals surface area contributed by atoms with E-state index < -0.39 is 0 Å². The number of nitrogens with zero attached hydrogens (tertiary/aromatic N) is 1. The van der Waals surface area contributed by atoms with Gasteiger partial charge in [0.15, 0.2) is 0 Å². The summed E-state index contributed by atoms with van der Waals surface area (Å²) in [6, 6.07) is 0. The number of halogens is 3. The van der Waals surface area contributed by atoms with Crippen molar-refractivity contribution in [3.05, 3.63) is 27.5 Å². The van der Waals surface area contributed by atoms with Crippen molar-refractivity contribution < 1.29 is 0 Å². The van der Waals surface area contributed by atoms with Gasteiger partial charge in [-0.05, 0) is 25.0 Å². The minimum atomic E-state index is 0. The van der Waals surface area contributed by atoms with Gasteiger partial charge >= 0.3 is 0 Å². The predicted octanol–water partition coefficient (Wildman–Crippen LogP) is 2.80. The quantitative estimate of drug-likeness (QED) is 0.771. The molecule has 2 nitrogen and oxygen atoms in total. The number of pyridine rings is 1. The summed E-state index contributed by atoms with van der Waals surface area (Å²) in [4.78, 5) is 4.42. The second kappa shape index (κ2) is 5.17. The summed E-state index contributed by atoms with van der Waals surface area (Å²) in [5, 5.41) is 4.08. The van der Waals surface area contributed by atoms with Crippen LogP contribution in [0.15, 0.2) is 0 Å². The first-order valence-corrected chi connectivity index (χ1v) is 4.43. The summed E-state index contributed by atoms with van der Waals surface area (Å²) in [5.74, 6) is 0. The fraction of sp³-hybridized carbons (Fsp3) is 0.444. The summed E-state index contributed by atoms with van der Waals surface area (Å²) in [6.45, 7) is 5.80.